The van der Waals surface area contributed by atoms with E-state index in [0.717, 1.165) is 5.56 Å². The molecule has 1 aromatic carbocycles. The number of allylic oxidation sites excluding steroid dienone is 1. The van der Waals surface area contributed by atoms with Crippen LogP contribution in [-0.4, -0.2) is 41.6 Å². The van der Waals surface area contributed by atoms with Crippen molar-refractivity contribution in [3.63, 3.8) is 0 Å². The van der Waals surface area contributed by atoms with E-state index in [1.807, 2.05) is 6.07 Å². The highest BCUT2D eigenvalue weighted by Gasteiger charge is 2.43. The second-order valence-corrected chi connectivity index (χ2v) is 6.40. The monoisotopic (exact) mass is 346 g/mol. The van der Waals surface area contributed by atoms with Crippen LogP contribution in [-0.2, 0) is 14.3 Å². The lowest BCUT2D eigenvalue weighted by atomic mass is 9.94. The van der Waals surface area contributed by atoms with E-state index in [1.165, 1.54) is 18.9 Å². The Bertz CT molecular complexity index is 817. The number of esters is 1. The molecule has 0 N–H and O–H groups in total. The molecule has 3 aliphatic heterocycles. The smallest absolute Gasteiger partial charge is 0.338 e. The van der Waals surface area contributed by atoms with E-state index in [4.69, 9.17) is 14.2 Å². The number of aliphatic imine (C=N–C) groups is 1. The molecule has 124 valence electrons. The minimum absolute atomic E-state index is 0.0877. The van der Waals surface area contributed by atoms with E-state index in [-0.39, 0.29) is 12.7 Å². The minimum Gasteiger partial charge on any atom is -0.466 e. The maximum atomic E-state index is 12.4. The normalized spacial score (nSPS) is 21.8. The van der Waals surface area contributed by atoms with Crippen LogP contribution >= 0.6 is 11.8 Å². The topological polar surface area (TPSA) is 77.4 Å². The predicted molar refractivity (Wildman–Crippen MR) is 86.8 cm³/mol. The van der Waals surface area contributed by atoms with Gasteiger partial charge in [0.2, 0.25) is 12.7 Å². The number of rotatable bonds is 2. The van der Waals surface area contributed by atoms with Crippen molar-refractivity contribution in [3.8, 4) is 11.5 Å². The minimum atomic E-state index is -0.582. The van der Waals surface area contributed by atoms with Gasteiger partial charge in [0.25, 0.3) is 0 Å². The summed E-state index contributed by atoms with van der Waals surface area (Å²) >= 11 is 1.37. The van der Waals surface area contributed by atoms with Crippen LogP contribution in [0, 0.1) is 0 Å². The van der Waals surface area contributed by atoms with Crippen molar-refractivity contribution in [2.45, 2.75) is 13.0 Å². The van der Waals surface area contributed by atoms with Crippen molar-refractivity contribution in [1.82, 2.24) is 4.90 Å². The fourth-order valence-electron chi connectivity index (χ4n) is 3.01. The molecule has 0 spiro atoms. The summed E-state index contributed by atoms with van der Waals surface area (Å²) in [4.78, 5) is 30.7. The van der Waals surface area contributed by atoms with Crippen LogP contribution in [0.5, 0.6) is 11.5 Å². The highest BCUT2D eigenvalue weighted by molar-refractivity contribution is 8.15. The predicted octanol–water partition coefficient (Wildman–Crippen LogP) is 1.85. The Kier molecular flexibility index (Phi) is 3.49. The average molecular weight is 346 g/mol. The van der Waals surface area contributed by atoms with Crippen LogP contribution in [0.15, 0.2) is 34.5 Å². The molecule has 8 heteroatoms. The molecule has 0 radical (unpaired) electrons. The van der Waals surface area contributed by atoms with Gasteiger partial charge in [-0.2, -0.15) is 0 Å². The molecule has 0 aliphatic carbocycles. The first-order valence-electron chi connectivity index (χ1n) is 7.32. The van der Waals surface area contributed by atoms with Gasteiger partial charge in [0.05, 0.1) is 30.2 Å². The maximum Gasteiger partial charge on any atom is 0.338 e. The molecule has 0 unspecified atom stereocenters. The molecule has 7 nitrogen and oxygen atoms in total. The fourth-order valence-corrected chi connectivity index (χ4v) is 3.95. The molecule has 4 rings (SSSR count). The number of amidine groups is 1. The summed E-state index contributed by atoms with van der Waals surface area (Å²) < 4.78 is 15.7. The Labute approximate surface area is 142 Å². The molecule has 1 saturated heterocycles. The van der Waals surface area contributed by atoms with E-state index in [0.29, 0.717) is 33.7 Å². The van der Waals surface area contributed by atoms with Crippen molar-refractivity contribution in [3.05, 3.63) is 35.0 Å². The van der Waals surface area contributed by atoms with Crippen LogP contribution < -0.4 is 9.47 Å². The Morgan fingerprint density at radius 2 is 2.17 bits per heavy atom. The SMILES string of the molecule is COC(=O)C1=C(C)N=C2SCC(=O)N2[C@H]1c1ccc2c(c1)OCO2. The zero-order chi connectivity index (χ0) is 16.8. The third-order valence-electron chi connectivity index (χ3n) is 4.10. The van der Waals surface area contributed by atoms with Gasteiger partial charge in [-0.15, -0.1) is 0 Å². The second-order valence-electron chi connectivity index (χ2n) is 5.45. The Morgan fingerprint density at radius 1 is 1.38 bits per heavy atom. The zero-order valence-corrected chi connectivity index (χ0v) is 13.9. The molecule has 0 bridgehead atoms. The largest absolute Gasteiger partial charge is 0.466 e. The van der Waals surface area contributed by atoms with E-state index >= 15 is 0 Å². The van der Waals surface area contributed by atoms with E-state index in [2.05, 4.69) is 4.99 Å². The molecule has 1 aromatic rings. The number of methoxy groups -OCH3 is 1. The van der Waals surface area contributed by atoms with Crippen molar-refractivity contribution in [1.29, 1.82) is 0 Å². The highest BCUT2D eigenvalue weighted by atomic mass is 32.2. The summed E-state index contributed by atoms with van der Waals surface area (Å²) in [7, 11) is 1.32. The van der Waals surface area contributed by atoms with Gasteiger partial charge in [0.1, 0.15) is 0 Å². The fraction of sp³-hybridized carbons (Fsp3) is 0.312. The van der Waals surface area contributed by atoms with Crippen LogP contribution in [0.1, 0.15) is 18.5 Å². The summed E-state index contributed by atoms with van der Waals surface area (Å²) in [5.74, 6) is 0.961. The Balaban J connectivity index is 1.87. The second kappa shape index (κ2) is 5.55. The van der Waals surface area contributed by atoms with Gasteiger partial charge < -0.3 is 14.2 Å². The number of thioether (sulfide) groups is 1. The third kappa shape index (κ3) is 2.17. The van der Waals surface area contributed by atoms with E-state index in [9.17, 15) is 9.59 Å². The van der Waals surface area contributed by atoms with Crippen LogP contribution in [0.2, 0.25) is 0 Å². The number of fused-ring (bicyclic) bond motifs is 2. The van der Waals surface area contributed by atoms with Gasteiger partial charge in [-0.1, -0.05) is 17.8 Å². The van der Waals surface area contributed by atoms with Gasteiger partial charge in [-0.3, -0.25) is 9.69 Å². The summed E-state index contributed by atoms with van der Waals surface area (Å²) in [6.45, 7) is 1.91. The number of hydrogen-bond acceptors (Lipinski definition) is 7. The first kappa shape index (κ1) is 15.1. The molecular formula is C16H14N2O5S. The number of carbonyl (C=O) groups excluding carboxylic acids is 2. The average Bonchev–Trinajstić information content (AvgIpc) is 3.19. The third-order valence-corrected chi connectivity index (χ3v) is 5.04. The Hall–Kier alpha value is -2.48. The maximum absolute atomic E-state index is 12.4. The molecule has 3 heterocycles. The number of ether oxygens (including phenoxy) is 3. The van der Waals surface area contributed by atoms with Gasteiger partial charge in [-0.25, -0.2) is 9.79 Å². The van der Waals surface area contributed by atoms with Crippen LogP contribution in [0.25, 0.3) is 0 Å². The molecule has 1 fully saturated rings. The molecule has 3 aliphatic rings. The Morgan fingerprint density at radius 3 is 2.96 bits per heavy atom. The van der Waals surface area contributed by atoms with Gasteiger partial charge in [-0.05, 0) is 24.6 Å². The van der Waals surface area contributed by atoms with Crippen LogP contribution in [0.3, 0.4) is 0 Å². The van der Waals surface area contributed by atoms with Crippen molar-refractivity contribution in [2.75, 3.05) is 19.7 Å². The molecule has 0 saturated carbocycles. The summed E-state index contributed by atoms with van der Waals surface area (Å²) in [5.41, 5.74) is 1.66. The number of amides is 1. The molecule has 1 amide bonds. The molecule has 24 heavy (non-hydrogen) atoms. The first-order chi connectivity index (χ1) is 11.6. The summed E-state index contributed by atoms with van der Waals surface area (Å²) in [6, 6.07) is 4.82. The van der Waals surface area contributed by atoms with Crippen molar-refractivity contribution < 1.29 is 23.8 Å². The number of carbonyl (C=O) groups is 2. The molecule has 1 atom stereocenters. The van der Waals surface area contributed by atoms with E-state index < -0.39 is 12.0 Å². The van der Waals surface area contributed by atoms with E-state index in [1.54, 1.807) is 24.0 Å². The number of nitrogens with zero attached hydrogens (tertiary/aromatic N) is 2. The lowest BCUT2D eigenvalue weighted by Gasteiger charge is -2.32. The lowest BCUT2D eigenvalue weighted by molar-refractivity contribution is -0.137. The van der Waals surface area contributed by atoms with Gasteiger partial charge in [0.15, 0.2) is 16.7 Å². The first-order valence-corrected chi connectivity index (χ1v) is 8.31. The van der Waals surface area contributed by atoms with Crippen LogP contribution in [0.4, 0.5) is 0 Å². The number of hydrogen-bond donors (Lipinski definition) is 0. The molecule has 0 aromatic heterocycles. The summed E-state index contributed by atoms with van der Waals surface area (Å²) in [5, 5.41) is 0.604. The molecular weight excluding hydrogens is 332 g/mol. The lowest BCUT2D eigenvalue weighted by Crippen LogP contribution is -2.39. The van der Waals surface area contributed by atoms with Gasteiger partial charge in [0, 0.05) is 0 Å². The summed E-state index contributed by atoms with van der Waals surface area (Å²) in [6.07, 6.45) is 0. The quantitative estimate of drug-likeness (QED) is 0.761. The zero-order valence-electron chi connectivity index (χ0n) is 13.1. The van der Waals surface area contributed by atoms with Gasteiger partial charge >= 0.3 is 5.97 Å². The highest BCUT2D eigenvalue weighted by Crippen LogP contribution is 2.43. The standard InChI is InChI=1S/C16H14N2O5S/c1-8-13(15(20)21-2)14(18-12(19)6-24-16(18)17-8)9-3-4-10-11(5-9)23-7-22-10/h3-5,14H,6-7H2,1-2H3/t14-/m0/s1. The van der Waals surface area contributed by atoms with Crippen molar-refractivity contribution in [2.24, 2.45) is 4.99 Å². The number of benzene rings is 1. The van der Waals surface area contributed by atoms with Crippen molar-refractivity contribution >= 4 is 28.8 Å².